The molecule has 0 spiro atoms. The molecule has 2 aromatic rings. The zero-order valence-corrected chi connectivity index (χ0v) is 16.5. The maximum Gasteiger partial charge on any atom is 0.418 e. The molecule has 2 aromatic carbocycles. The Labute approximate surface area is 174 Å². The van der Waals surface area contributed by atoms with Crippen LogP contribution in [0, 0.1) is 0 Å². The van der Waals surface area contributed by atoms with Gasteiger partial charge in [-0.15, -0.1) is 0 Å². The first-order chi connectivity index (χ1) is 13.6. The Bertz CT molecular complexity index is 926. The Hall–Kier alpha value is -2.25. The number of amides is 1. The molecule has 0 unspecified atom stereocenters. The fourth-order valence-electron chi connectivity index (χ4n) is 3.24. The van der Waals surface area contributed by atoms with Crippen LogP contribution in [0.25, 0.3) is 0 Å². The summed E-state index contributed by atoms with van der Waals surface area (Å²) in [6.07, 6.45) is -2.77. The van der Waals surface area contributed by atoms with E-state index in [2.05, 4.69) is 5.32 Å². The minimum atomic E-state index is -4.70. The van der Waals surface area contributed by atoms with Gasteiger partial charge in [0.1, 0.15) is 0 Å². The highest BCUT2D eigenvalue weighted by Gasteiger charge is 2.47. The van der Waals surface area contributed by atoms with Gasteiger partial charge in [0.25, 0.3) is 5.91 Å². The van der Waals surface area contributed by atoms with Gasteiger partial charge in [-0.05, 0) is 42.7 Å². The summed E-state index contributed by atoms with van der Waals surface area (Å²) in [5, 5.41) is 2.35. The molecule has 0 radical (unpaired) electrons. The third-order valence-electron chi connectivity index (χ3n) is 4.91. The maximum absolute atomic E-state index is 13.1. The number of rotatable bonds is 5. The molecule has 1 saturated carbocycles. The number of para-hydroxylation sites is 1. The molecule has 0 aromatic heterocycles. The zero-order chi connectivity index (χ0) is 21.2. The summed E-state index contributed by atoms with van der Waals surface area (Å²) in [4.78, 5) is 24.8. The van der Waals surface area contributed by atoms with Gasteiger partial charge in [0.15, 0.2) is 6.61 Å². The van der Waals surface area contributed by atoms with Crippen LogP contribution in [0.1, 0.15) is 30.4 Å². The fourth-order valence-corrected chi connectivity index (χ4v) is 3.59. The van der Waals surface area contributed by atoms with Crippen molar-refractivity contribution < 1.29 is 27.5 Å². The van der Waals surface area contributed by atoms with Gasteiger partial charge in [-0.25, -0.2) is 0 Å². The van der Waals surface area contributed by atoms with Crippen LogP contribution in [-0.4, -0.2) is 18.5 Å². The van der Waals surface area contributed by atoms with Gasteiger partial charge in [-0.1, -0.05) is 47.8 Å². The van der Waals surface area contributed by atoms with Crippen molar-refractivity contribution in [2.24, 2.45) is 0 Å². The first-order valence-electron chi connectivity index (χ1n) is 8.72. The number of anilines is 1. The summed E-state index contributed by atoms with van der Waals surface area (Å²) in [7, 11) is 0. The minimum absolute atomic E-state index is 0.267. The average molecular weight is 446 g/mol. The molecule has 0 atom stereocenters. The van der Waals surface area contributed by atoms with E-state index in [9.17, 15) is 22.8 Å². The summed E-state index contributed by atoms with van der Waals surface area (Å²) in [5.74, 6) is -1.51. The Morgan fingerprint density at radius 2 is 1.72 bits per heavy atom. The van der Waals surface area contributed by atoms with Crippen LogP contribution >= 0.6 is 23.2 Å². The van der Waals surface area contributed by atoms with E-state index in [0.717, 1.165) is 24.1 Å². The molecule has 9 heteroatoms. The van der Waals surface area contributed by atoms with Crippen LogP contribution in [0.4, 0.5) is 18.9 Å². The summed E-state index contributed by atoms with van der Waals surface area (Å²) in [5.41, 5.74) is -1.80. The number of benzene rings is 2. The normalized spacial score (nSPS) is 15.3. The quantitative estimate of drug-likeness (QED) is 0.607. The monoisotopic (exact) mass is 445 g/mol. The van der Waals surface area contributed by atoms with Crippen LogP contribution in [0.5, 0.6) is 0 Å². The number of nitrogens with one attached hydrogen (secondary N) is 1. The van der Waals surface area contributed by atoms with Crippen LogP contribution in [0.15, 0.2) is 42.5 Å². The second-order valence-corrected chi connectivity index (χ2v) is 7.57. The number of esters is 1. The molecule has 1 fully saturated rings. The lowest BCUT2D eigenvalue weighted by Crippen LogP contribution is -2.44. The van der Waals surface area contributed by atoms with Gasteiger partial charge < -0.3 is 10.1 Å². The summed E-state index contributed by atoms with van der Waals surface area (Å²) < 4.78 is 44.5. The molecule has 0 aliphatic heterocycles. The number of halogens is 5. The summed E-state index contributed by atoms with van der Waals surface area (Å²) >= 11 is 11.7. The van der Waals surface area contributed by atoms with Crippen molar-refractivity contribution in [1.29, 1.82) is 0 Å². The largest absolute Gasteiger partial charge is 0.455 e. The lowest BCUT2D eigenvalue weighted by Gasteiger charge is -2.39. The van der Waals surface area contributed by atoms with Gasteiger partial charge in [-0.2, -0.15) is 13.2 Å². The molecule has 0 bridgehead atoms. The Balaban J connectivity index is 1.68. The van der Waals surface area contributed by atoms with Gasteiger partial charge in [0, 0.05) is 5.02 Å². The van der Waals surface area contributed by atoms with E-state index in [-0.39, 0.29) is 5.02 Å². The van der Waals surface area contributed by atoms with E-state index < -0.39 is 41.3 Å². The van der Waals surface area contributed by atoms with Crippen molar-refractivity contribution in [2.45, 2.75) is 30.9 Å². The van der Waals surface area contributed by atoms with Crippen LogP contribution < -0.4 is 5.32 Å². The summed E-state index contributed by atoms with van der Waals surface area (Å²) in [6.45, 7) is -0.726. The van der Waals surface area contributed by atoms with E-state index in [0.29, 0.717) is 17.9 Å². The molecule has 1 aliphatic carbocycles. The molecule has 4 nitrogen and oxygen atoms in total. The number of carbonyl (C=O) groups excluding carboxylic acids is 2. The molecular weight excluding hydrogens is 430 g/mol. The Morgan fingerprint density at radius 1 is 1.07 bits per heavy atom. The Morgan fingerprint density at radius 3 is 2.28 bits per heavy atom. The lowest BCUT2D eigenvalue weighted by molar-refractivity contribution is -0.157. The number of ether oxygens (including phenoxy) is 1. The molecule has 0 heterocycles. The zero-order valence-electron chi connectivity index (χ0n) is 15.0. The van der Waals surface area contributed by atoms with Gasteiger partial charge in [-0.3, -0.25) is 9.59 Å². The number of alkyl halides is 3. The summed E-state index contributed by atoms with van der Waals surface area (Å²) in [6, 6.07) is 9.93. The molecule has 1 N–H and O–H groups in total. The van der Waals surface area contributed by atoms with Crippen molar-refractivity contribution in [3.8, 4) is 0 Å². The van der Waals surface area contributed by atoms with Gasteiger partial charge >= 0.3 is 12.1 Å². The SMILES string of the molecule is O=C(COC(=O)C1(c2ccc(Cl)cc2)CCC1)Nc1c(Cl)cccc1C(F)(F)F. The second-order valence-electron chi connectivity index (χ2n) is 6.73. The van der Waals surface area contributed by atoms with E-state index in [1.807, 2.05) is 0 Å². The molecule has 1 aliphatic rings. The molecule has 1 amide bonds. The maximum atomic E-state index is 13.1. The smallest absolute Gasteiger partial charge is 0.418 e. The highest BCUT2D eigenvalue weighted by molar-refractivity contribution is 6.34. The van der Waals surface area contributed by atoms with Crippen molar-refractivity contribution >= 4 is 40.8 Å². The van der Waals surface area contributed by atoms with Crippen molar-refractivity contribution in [2.75, 3.05) is 11.9 Å². The molecule has 0 saturated heterocycles. The standard InChI is InChI=1S/C20H16Cl2F3NO3/c21-13-7-5-12(6-8-13)19(9-2-10-19)18(28)29-11-16(27)26-17-14(20(23,24)25)3-1-4-15(17)22/h1,3-8H,2,9-11H2,(H,26,27). The van der Waals surface area contributed by atoms with Gasteiger partial charge in [0.05, 0.1) is 21.7 Å². The van der Waals surface area contributed by atoms with E-state index >= 15 is 0 Å². The van der Waals surface area contributed by atoms with Crippen molar-refractivity contribution in [3.63, 3.8) is 0 Å². The van der Waals surface area contributed by atoms with Crippen LogP contribution in [0.3, 0.4) is 0 Å². The Kier molecular flexibility index (Phi) is 6.10. The molecule has 29 heavy (non-hydrogen) atoms. The number of carbonyl (C=O) groups is 2. The first kappa shape index (κ1) is 21.5. The van der Waals surface area contributed by atoms with Crippen LogP contribution in [-0.2, 0) is 25.9 Å². The third kappa shape index (κ3) is 4.51. The number of hydrogen-bond acceptors (Lipinski definition) is 3. The third-order valence-corrected chi connectivity index (χ3v) is 5.48. The molecule has 154 valence electrons. The fraction of sp³-hybridized carbons (Fsp3) is 0.300. The lowest BCUT2D eigenvalue weighted by atomic mass is 9.64. The number of hydrogen-bond donors (Lipinski definition) is 1. The predicted octanol–water partition coefficient (Wildman–Crippen LogP) is 5.62. The highest BCUT2D eigenvalue weighted by atomic mass is 35.5. The average Bonchev–Trinajstić information content (AvgIpc) is 2.61. The van der Waals surface area contributed by atoms with E-state index in [4.69, 9.17) is 27.9 Å². The highest BCUT2D eigenvalue weighted by Crippen LogP contribution is 2.45. The molecule has 3 rings (SSSR count). The second kappa shape index (κ2) is 8.24. The molecular formula is C20H16Cl2F3NO3. The van der Waals surface area contributed by atoms with Crippen molar-refractivity contribution in [1.82, 2.24) is 0 Å². The topological polar surface area (TPSA) is 55.4 Å². The van der Waals surface area contributed by atoms with Crippen molar-refractivity contribution in [3.05, 3.63) is 63.6 Å². The van der Waals surface area contributed by atoms with E-state index in [1.54, 1.807) is 24.3 Å². The van der Waals surface area contributed by atoms with E-state index in [1.165, 1.54) is 6.07 Å². The van der Waals surface area contributed by atoms with Gasteiger partial charge in [0.2, 0.25) is 0 Å². The van der Waals surface area contributed by atoms with Crippen LogP contribution in [0.2, 0.25) is 10.0 Å². The first-order valence-corrected chi connectivity index (χ1v) is 9.48. The minimum Gasteiger partial charge on any atom is -0.455 e. The predicted molar refractivity (Wildman–Crippen MR) is 103 cm³/mol.